The number of carbonyl (C=O) groups is 1. The standard InChI is InChI=1S/C24H19F3N6O2/c1-35-19-7-4-17(5-8-19)33-21-16(12-29-22(31-21)30-14-24(25,26)27)13-32(23(33)34)18-6-9-20-15(11-18)3-2-10-28-20/h2-12H,13-14H2,1H3,(H,29,30,31). The second kappa shape index (κ2) is 8.75. The Morgan fingerprint density at radius 3 is 2.57 bits per heavy atom. The fourth-order valence-electron chi connectivity index (χ4n) is 3.81. The molecular weight excluding hydrogens is 461 g/mol. The molecule has 0 atom stereocenters. The molecule has 8 nitrogen and oxygen atoms in total. The zero-order chi connectivity index (χ0) is 24.6. The van der Waals surface area contributed by atoms with Gasteiger partial charge in [-0.15, -0.1) is 0 Å². The average Bonchev–Trinajstić information content (AvgIpc) is 2.86. The largest absolute Gasteiger partial charge is 0.497 e. The monoisotopic (exact) mass is 480 g/mol. The summed E-state index contributed by atoms with van der Waals surface area (Å²) in [5.41, 5.74) is 2.48. The molecule has 5 rings (SSSR count). The van der Waals surface area contributed by atoms with E-state index in [1.807, 2.05) is 24.3 Å². The number of hydrogen-bond donors (Lipinski definition) is 1. The number of carbonyl (C=O) groups excluding carboxylic acids is 1. The van der Waals surface area contributed by atoms with E-state index < -0.39 is 18.8 Å². The number of benzene rings is 2. The summed E-state index contributed by atoms with van der Waals surface area (Å²) >= 11 is 0. The molecule has 4 aromatic rings. The van der Waals surface area contributed by atoms with Crippen LogP contribution in [0.15, 0.2) is 67.0 Å². The van der Waals surface area contributed by atoms with Crippen molar-refractivity contribution in [1.82, 2.24) is 15.0 Å². The number of ether oxygens (including phenoxy) is 1. The number of nitrogens with zero attached hydrogens (tertiary/aromatic N) is 5. The second-order valence-corrected chi connectivity index (χ2v) is 7.79. The van der Waals surface area contributed by atoms with Crippen LogP contribution in [0.3, 0.4) is 0 Å². The van der Waals surface area contributed by atoms with Crippen molar-refractivity contribution >= 4 is 40.1 Å². The van der Waals surface area contributed by atoms with Crippen LogP contribution >= 0.6 is 0 Å². The molecule has 11 heteroatoms. The lowest BCUT2D eigenvalue weighted by molar-refractivity contribution is -0.115. The van der Waals surface area contributed by atoms with Crippen molar-refractivity contribution in [1.29, 1.82) is 0 Å². The number of hydrogen-bond acceptors (Lipinski definition) is 6. The molecule has 0 radical (unpaired) electrons. The number of aromatic nitrogens is 3. The molecule has 2 aromatic heterocycles. The molecule has 1 aliphatic rings. The van der Waals surface area contributed by atoms with E-state index in [4.69, 9.17) is 4.74 Å². The van der Waals surface area contributed by atoms with Crippen molar-refractivity contribution in [2.75, 3.05) is 28.8 Å². The van der Waals surface area contributed by atoms with E-state index in [2.05, 4.69) is 20.3 Å². The van der Waals surface area contributed by atoms with E-state index in [0.717, 1.165) is 10.9 Å². The number of amides is 2. The summed E-state index contributed by atoms with van der Waals surface area (Å²) in [5.74, 6) is 0.573. The van der Waals surface area contributed by atoms with E-state index in [0.29, 0.717) is 22.7 Å². The van der Waals surface area contributed by atoms with Gasteiger partial charge in [0.1, 0.15) is 12.3 Å². The number of pyridine rings is 1. The van der Waals surface area contributed by atoms with Crippen LogP contribution in [-0.2, 0) is 6.54 Å². The van der Waals surface area contributed by atoms with E-state index in [-0.39, 0.29) is 18.3 Å². The van der Waals surface area contributed by atoms with Gasteiger partial charge in [0.2, 0.25) is 5.95 Å². The Morgan fingerprint density at radius 1 is 1.06 bits per heavy atom. The number of anilines is 4. The number of urea groups is 1. The first kappa shape index (κ1) is 22.4. The summed E-state index contributed by atoms with van der Waals surface area (Å²) in [5, 5.41) is 3.04. The maximum absolute atomic E-state index is 13.8. The lowest BCUT2D eigenvalue weighted by Gasteiger charge is -2.36. The normalized spacial score (nSPS) is 13.7. The zero-order valence-corrected chi connectivity index (χ0v) is 18.5. The van der Waals surface area contributed by atoms with Crippen molar-refractivity contribution in [3.8, 4) is 5.75 Å². The summed E-state index contributed by atoms with van der Waals surface area (Å²) in [6.07, 6.45) is -1.32. The topological polar surface area (TPSA) is 83.5 Å². The number of fused-ring (bicyclic) bond motifs is 2. The minimum atomic E-state index is -4.44. The fraction of sp³-hybridized carbons (Fsp3) is 0.167. The van der Waals surface area contributed by atoms with Crippen molar-refractivity contribution < 1.29 is 22.7 Å². The van der Waals surface area contributed by atoms with Crippen molar-refractivity contribution in [3.63, 3.8) is 0 Å². The molecular formula is C24H19F3N6O2. The fourth-order valence-corrected chi connectivity index (χ4v) is 3.81. The minimum Gasteiger partial charge on any atom is -0.497 e. The van der Waals surface area contributed by atoms with Gasteiger partial charge in [0.05, 0.1) is 24.9 Å². The summed E-state index contributed by atoms with van der Waals surface area (Å²) in [7, 11) is 1.53. The van der Waals surface area contributed by atoms with E-state index in [1.54, 1.807) is 41.4 Å². The van der Waals surface area contributed by atoms with Gasteiger partial charge >= 0.3 is 12.2 Å². The zero-order valence-electron chi connectivity index (χ0n) is 18.5. The molecule has 1 aliphatic heterocycles. The number of alkyl halides is 3. The quantitative estimate of drug-likeness (QED) is 0.418. The molecule has 0 bridgehead atoms. The number of methoxy groups -OCH3 is 1. The highest BCUT2D eigenvalue weighted by Gasteiger charge is 2.35. The van der Waals surface area contributed by atoms with Gasteiger partial charge in [-0.05, 0) is 48.5 Å². The highest BCUT2D eigenvalue weighted by molar-refractivity contribution is 6.10. The summed E-state index contributed by atoms with van der Waals surface area (Å²) in [6.45, 7) is -1.15. The number of rotatable bonds is 5. The Balaban J connectivity index is 1.58. The van der Waals surface area contributed by atoms with Crippen LogP contribution in [0.4, 0.5) is 41.1 Å². The molecule has 0 unspecified atom stereocenters. The Kier molecular flexibility index (Phi) is 5.59. The summed E-state index contributed by atoms with van der Waals surface area (Å²) in [6, 6.07) is 15.5. The molecule has 178 valence electrons. The van der Waals surface area contributed by atoms with Gasteiger partial charge in [-0.2, -0.15) is 18.2 Å². The van der Waals surface area contributed by atoms with Gasteiger partial charge in [-0.25, -0.2) is 14.7 Å². The molecule has 0 spiro atoms. The predicted molar refractivity (Wildman–Crippen MR) is 125 cm³/mol. The van der Waals surface area contributed by atoms with Gasteiger partial charge in [0.15, 0.2) is 5.82 Å². The van der Waals surface area contributed by atoms with E-state index in [9.17, 15) is 18.0 Å². The van der Waals surface area contributed by atoms with Gasteiger partial charge < -0.3 is 10.1 Å². The summed E-state index contributed by atoms with van der Waals surface area (Å²) in [4.78, 5) is 29.3. The first-order chi connectivity index (χ1) is 16.8. The second-order valence-electron chi connectivity index (χ2n) is 7.79. The van der Waals surface area contributed by atoms with Crippen LogP contribution < -0.4 is 19.9 Å². The molecule has 0 saturated carbocycles. The van der Waals surface area contributed by atoms with Gasteiger partial charge in [-0.1, -0.05) is 6.07 Å². The molecule has 3 heterocycles. The Bertz CT molecular complexity index is 1390. The minimum absolute atomic E-state index is 0.145. The molecule has 35 heavy (non-hydrogen) atoms. The molecule has 2 amide bonds. The van der Waals surface area contributed by atoms with E-state index in [1.165, 1.54) is 18.2 Å². The molecule has 2 aromatic carbocycles. The van der Waals surface area contributed by atoms with Crippen molar-refractivity contribution in [3.05, 3.63) is 72.6 Å². The van der Waals surface area contributed by atoms with Gasteiger partial charge in [-0.3, -0.25) is 9.88 Å². The smallest absolute Gasteiger partial charge is 0.405 e. The Labute approximate surface area is 198 Å². The summed E-state index contributed by atoms with van der Waals surface area (Å²) < 4.78 is 43.3. The van der Waals surface area contributed by atoms with Crippen LogP contribution in [0.1, 0.15) is 5.56 Å². The molecule has 0 aliphatic carbocycles. The first-order valence-corrected chi connectivity index (χ1v) is 10.6. The number of nitrogens with one attached hydrogen (secondary N) is 1. The SMILES string of the molecule is COc1ccc(N2C(=O)N(c3ccc4ncccc4c3)Cc3cnc(NCC(F)(F)F)nc32)cc1. The third-order valence-electron chi connectivity index (χ3n) is 5.48. The third kappa shape index (κ3) is 4.52. The Hall–Kier alpha value is -4.41. The Morgan fingerprint density at radius 2 is 1.83 bits per heavy atom. The van der Waals surface area contributed by atoms with E-state index >= 15 is 0 Å². The first-order valence-electron chi connectivity index (χ1n) is 10.6. The molecule has 1 N–H and O–H groups in total. The highest BCUT2D eigenvalue weighted by Crippen LogP contribution is 2.37. The van der Waals surface area contributed by atoms with Crippen LogP contribution in [0.2, 0.25) is 0 Å². The third-order valence-corrected chi connectivity index (χ3v) is 5.48. The lowest BCUT2D eigenvalue weighted by Crippen LogP contribution is -2.45. The maximum atomic E-state index is 13.8. The molecule has 0 fully saturated rings. The predicted octanol–water partition coefficient (Wildman–Crippen LogP) is 5.29. The van der Waals surface area contributed by atoms with Crippen molar-refractivity contribution in [2.45, 2.75) is 12.7 Å². The van der Waals surface area contributed by atoms with Crippen LogP contribution in [0, 0.1) is 0 Å². The number of halogens is 3. The van der Waals surface area contributed by atoms with Crippen LogP contribution in [-0.4, -0.2) is 40.8 Å². The lowest BCUT2D eigenvalue weighted by atomic mass is 10.1. The van der Waals surface area contributed by atoms with Gasteiger partial charge in [0, 0.05) is 29.0 Å². The van der Waals surface area contributed by atoms with Crippen LogP contribution in [0.25, 0.3) is 10.9 Å². The average molecular weight is 480 g/mol. The van der Waals surface area contributed by atoms with Crippen LogP contribution in [0.5, 0.6) is 5.75 Å². The maximum Gasteiger partial charge on any atom is 0.405 e. The molecule has 0 saturated heterocycles. The highest BCUT2D eigenvalue weighted by atomic mass is 19.4. The van der Waals surface area contributed by atoms with Crippen molar-refractivity contribution in [2.24, 2.45) is 0 Å². The van der Waals surface area contributed by atoms with Gasteiger partial charge in [0.25, 0.3) is 0 Å².